The number of aliphatic hydroxyl groups is 1. The number of thiol groups is 1. The number of aliphatic hydroxyl groups excluding tert-OH is 1. The number of carbonyl (C=O) groups is 2. The Morgan fingerprint density at radius 1 is 1.64 bits per heavy atom. The third-order valence-electron chi connectivity index (χ3n) is 0.937. The van der Waals surface area contributed by atoms with E-state index in [1.54, 1.807) is 0 Å². The Morgan fingerprint density at radius 2 is 2.18 bits per heavy atom. The van der Waals surface area contributed by atoms with Crippen LogP contribution in [0.1, 0.15) is 6.92 Å². The molecule has 1 unspecified atom stereocenters. The Hall–Kier alpha value is -0.550. The van der Waals surface area contributed by atoms with Crippen molar-refractivity contribution in [2.45, 2.75) is 13.0 Å². The van der Waals surface area contributed by atoms with E-state index in [-0.39, 0.29) is 12.4 Å². The van der Waals surface area contributed by atoms with Gasteiger partial charge in [0.1, 0.15) is 6.10 Å². The van der Waals surface area contributed by atoms with Crippen LogP contribution < -0.4 is 0 Å². The Morgan fingerprint density at radius 3 is 2.55 bits per heavy atom. The SMILES string of the molecule is CC(CO)OC(=O)C(=O)CS. The molecule has 0 radical (unpaired) electrons. The summed E-state index contributed by atoms with van der Waals surface area (Å²) in [5.41, 5.74) is 0. The lowest BCUT2D eigenvalue weighted by Gasteiger charge is -2.07. The highest BCUT2D eigenvalue weighted by molar-refractivity contribution is 7.81. The number of Topliss-reactive ketones (excluding diaryl/α,β-unsaturated/α-hetero) is 1. The van der Waals surface area contributed by atoms with Crippen molar-refractivity contribution in [2.24, 2.45) is 0 Å². The van der Waals surface area contributed by atoms with E-state index in [4.69, 9.17) is 5.11 Å². The fourth-order valence-electron chi connectivity index (χ4n) is 0.350. The normalized spacial score (nSPS) is 12.3. The van der Waals surface area contributed by atoms with Crippen molar-refractivity contribution in [1.82, 2.24) is 0 Å². The molecule has 5 heteroatoms. The van der Waals surface area contributed by atoms with E-state index >= 15 is 0 Å². The maximum atomic E-state index is 10.6. The highest BCUT2D eigenvalue weighted by atomic mass is 32.1. The van der Waals surface area contributed by atoms with E-state index < -0.39 is 17.9 Å². The van der Waals surface area contributed by atoms with E-state index in [9.17, 15) is 9.59 Å². The number of hydrogen-bond donors (Lipinski definition) is 2. The van der Waals surface area contributed by atoms with Gasteiger partial charge in [-0.25, -0.2) is 4.79 Å². The van der Waals surface area contributed by atoms with Crippen LogP contribution in [0.3, 0.4) is 0 Å². The van der Waals surface area contributed by atoms with Gasteiger partial charge in [0.15, 0.2) is 0 Å². The summed E-state index contributed by atoms with van der Waals surface area (Å²) in [6.07, 6.45) is -0.633. The summed E-state index contributed by atoms with van der Waals surface area (Å²) < 4.78 is 4.46. The van der Waals surface area contributed by atoms with E-state index in [0.717, 1.165) is 0 Å². The molecule has 1 atom stereocenters. The summed E-state index contributed by atoms with van der Waals surface area (Å²) >= 11 is 3.59. The van der Waals surface area contributed by atoms with Gasteiger partial charge in [0, 0.05) is 0 Å². The molecular weight excluding hydrogens is 168 g/mol. The van der Waals surface area contributed by atoms with Crippen molar-refractivity contribution < 1.29 is 19.4 Å². The standard InChI is InChI=1S/C6H10O4S/c1-4(2-7)10-6(9)5(8)3-11/h4,7,11H,2-3H2,1H3. The van der Waals surface area contributed by atoms with Gasteiger partial charge in [0.25, 0.3) is 0 Å². The average Bonchev–Trinajstić information content (AvgIpc) is 2.02. The molecule has 1 N–H and O–H groups in total. The van der Waals surface area contributed by atoms with Gasteiger partial charge in [0.05, 0.1) is 12.4 Å². The first-order valence-electron chi connectivity index (χ1n) is 3.07. The molecule has 64 valence electrons. The van der Waals surface area contributed by atoms with Gasteiger partial charge < -0.3 is 9.84 Å². The maximum absolute atomic E-state index is 10.6. The number of ether oxygens (including phenoxy) is 1. The highest BCUT2D eigenvalue weighted by Crippen LogP contribution is 1.91. The quantitative estimate of drug-likeness (QED) is 0.343. The molecule has 0 aromatic heterocycles. The van der Waals surface area contributed by atoms with Crippen molar-refractivity contribution in [3.63, 3.8) is 0 Å². The predicted molar refractivity (Wildman–Crippen MR) is 41.5 cm³/mol. The molecule has 0 aromatic carbocycles. The van der Waals surface area contributed by atoms with Gasteiger partial charge in [-0.3, -0.25) is 4.79 Å². The fourth-order valence-corrected chi connectivity index (χ4v) is 0.479. The minimum atomic E-state index is -0.943. The first kappa shape index (κ1) is 10.4. The highest BCUT2D eigenvalue weighted by Gasteiger charge is 2.15. The molecule has 0 rings (SSSR count). The summed E-state index contributed by atoms with van der Waals surface area (Å²) in [6.45, 7) is 1.20. The summed E-state index contributed by atoms with van der Waals surface area (Å²) in [6, 6.07) is 0. The first-order valence-corrected chi connectivity index (χ1v) is 3.70. The second-order valence-corrected chi connectivity index (χ2v) is 2.30. The van der Waals surface area contributed by atoms with Crippen LogP contribution in [0.5, 0.6) is 0 Å². The van der Waals surface area contributed by atoms with Crippen LogP contribution in [0.15, 0.2) is 0 Å². The predicted octanol–water partition coefficient (Wildman–Crippen LogP) is -0.591. The topological polar surface area (TPSA) is 63.6 Å². The van der Waals surface area contributed by atoms with E-state index in [1.807, 2.05) is 0 Å². The number of rotatable bonds is 4. The zero-order valence-corrected chi connectivity index (χ0v) is 7.01. The fraction of sp³-hybridized carbons (Fsp3) is 0.667. The molecule has 0 aliphatic rings. The van der Waals surface area contributed by atoms with Crippen LogP contribution in [-0.2, 0) is 14.3 Å². The Balaban J connectivity index is 3.77. The van der Waals surface area contributed by atoms with Gasteiger partial charge in [-0.1, -0.05) is 0 Å². The molecule has 0 bridgehead atoms. The monoisotopic (exact) mass is 178 g/mol. The minimum absolute atomic E-state index is 0.170. The molecule has 11 heavy (non-hydrogen) atoms. The molecule has 0 fully saturated rings. The van der Waals surface area contributed by atoms with Crippen LogP contribution in [0.25, 0.3) is 0 Å². The molecule has 0 saturated heterocycles. The third-order valence-corrected chi connectivity index (χ3v) is 1.22. The van der Waals surface area contributed by atoms with Crippen molar-refractivity contribution in [3.8, 4) is 0 Å². The van der Waals surface area contributed by atoms with Crippen LogP contribution in [-0.4, -0.2) is 35.3 Å². The lowest BCUT2D eigenvalue weighted by molar-refractivity contribution is -0.157. The van der Waals surface area contributed by atoms with Gasteiger partial charge in [-0.05, 0) is 6.92 Å². The zero-order chi connectivity index (χ0) is 8.85. The number of hydrogen-bond acceptors (Lipinski definition) is 5. The molecule has 0 aliphatic heterocycles. The van der Waals surface area contributed by atoms with Crippen LogP contribution in [0, 0.1) is 0 Å². The summed E-state index contributed by atoms with van der Waals surface area (Å²) in [4.78, 5) is 21.1. The van der Waals surface area contributed by atoms with E-state index in [2.05, 4.69) is 17.4 Å². The number of carbonyl (C=O) groups excluding carboxylic acids is 2. The van der Waals surface area contributed by atoms with Gasteiger partial charge in [0.2, 0.25) is 5.78 Å². The minimum Gasteiger partial charge on any atom is -0.454 e. The Bertz CT molecular complexity index is 157. The van der Waals surface area contributed by atoms with Gasteiger partial charge in [-0.15, -0.1) is 0 Å². The average molecular weight is 178 g/mol. The van der Waals surface area contributed by atoms with E-state index in [0.29, 0.717) is 0 Å². The van der Waals surface area contributed by atoms with Crippen molar-refractivity contribution in [3.05, 3.63) is 0 Å². The molecule has 0 saturated carbocycles. The van der Waals surface area contributed by atoms with Crippen LogP contribution in [0.2, 0.25) is 0 Å². The second-order valence-electron chi connectivity index (χ2n) is 1.98. The lowest BCUT2D eigenvalue weighted by Crippen LogP contribution is -2.25. The van der Waals surface area contributed by atoms with Crippen molar-refractivity contribution in [2.75, 3.05) is 12.4 Å². The number of esters is 1. The molecule has 4 nitrogen and oxygen atoms in total. The maximum Gasteiger partial charge on any atom is 0.375 e. The zero-order valence-electron chi connectivity index (χ0n) is 6.11. The number of ketones is 1. The van der Waals surface area contributed by atoms with Crippen LogP contribution in [0.4, 0.5) is 0 Å². The lowest BCUT2D eigenvalue weighted by atomic mass is 10.4. The second kappa shape index (κ2) is 5.15. The molecule has 0 aromatic rings. The first-order chi connectivity index (χ1) is 5.11. The summed E-state index contributed by atoms with van der Waals surface area (Å²) in [7, 11) is 0. The Labute approximate surface area is 69.9 Å². The molecular formula is C6H10O4S. The van der Waals surface area contributed by atoms with Crippen molar-refractivity contribution in [1.29, 1.82) is 0 Å². The van der Waals surface area contributed by atoms with Gasteiger partial charge in [-0.2, -0.15) is 12.6 Å². The van der Waals surface area contributed by atoms with Gasteiger partial charge >= 0.3 is 5.97 Å². The van der Waals surface area contributed by atoms with Crippen molar-refractivity contribution >= 4 is 24.4 Å². The smallest absolute Gasteiger partial charge is 0.375 e. The molecule has 0 aliphatic carbocycles. The van der Waals surface area contributed by atoms with E-state index in [1.165, 1.54) is 6.92 Å². The summed E-state index contributed by atoms with van der Waals surface area (Å²) in [5, 5.41) is 8.43. The molecule has 0 spiro atoms. The molecule has 0 heterocycles. The summed E-state index contributed by atoms with van der Waals surface area (Å²) in [5.74, 6) is -1.81. The molecule has 0 amide bonds. The largest absolute Gasteiger partial charge is 0.454 e. The Kier molecular flexibility index (Phi) is 4.89. The van der Waals surface area contributed by atoms with Crippen LogP contribution >= 0.6 is 12.6 Å². The third kappa shape index (κ3) is 4.00.